The van der Waals surface area contributed by atoms with Crippen molar-refractivity contribution in [2.45, 2.75) is 19.2 Å². The maximum Gasteiger partial charge on any atom is 0.409 e. The number of nitrogens with one attached hydrogen (secondary N) is 1. The highest BCUT2D eigenvalue weighted by Gasteiger charge is 2.36. The number of para-hydroxylation sites is 2. The lowest BCUT2D eigenvalue weighted by atomic mass is 9.99. The molecule has 0 saturated heterocycles. The quantitative estimate of drug-likeness (QED) is 0.306. The normalized spacial score (nSPS) is 13.1. The monoisotopic (exact) mass is 531 g/mol. The summed E-state index contributed by atoms with van der Waals surface area (Å²) in [5.41, 5.74) is 4.31. The number of fused-ring (bicyclic) bond motifs is 2. The zero-order chi connectivity index (χ0) is 27.5. The lowest BCUT2D eigenvalue weighted by molar-refractivity contribution is -0.122. The van der Waals surface area contributed by atoms with Crippen LogP contribution in [0.1, 0.15) is 33.2 Å². The van der Waals surface area contributed by atoms with Gasteiger partial charge in [0.15, 0.2) is 5.78 Å². The van der Waals surface area contributed by atoms with E-state index in [9.17, 15) is 14.4 Å². The van der Waals surface area contributed by atoms with Crippen molar-refractivity contribution in [3.63, 3.8) is 0 Å². The van der Waals surface area contributed by atoms with Crippen molar-refractivity contribution in [1.29, 1.82) is 0 Å². The van der Waals surface area contributed by atoms with Crippen LogP contribution in [0.15, 0.2) is 103 Å². The molecule has 9 nitrogen and oxygen atoms in total. The van der Waals surface area contributed by atoms with Crippen LogP contribution in [0, 0.1) is 0 Å². The average molecular weight is 532 g/mol. The zero-order valence-corrected chi connectivity index (χ0v) is 21.4. The third-order valence-corrected chi connectivity index (χ3v) is 6.86. The number of alkyl carbamates (subject to hydrolysis) is 1. The number of nitrogens with zero attached hydrogens (tertiary/aromatic N) is 4. The molecule has 1 aliphatic heterocycles. The fraction of sp³-hybridized carbons (Fsp3) is 0.129. The molecule has 1 aliphatic rings. The first-order valence-electron chi connectivity index (χ1n) is 12.9. The van der Waals surface area contributed by atoms with Crippen LogP contribution in [-0.2, 0) is 22.6 Å². The van der Waals surface area contributed by atoms with Crippen LogP contribution in [0.2, 0.25) is 0 Å². The summed E-state index contributed by atoms with van der Waals surface area (Å²) in [4.78, 5) is 42.2. The Bertz CT molecular complexity index is 1700. The van der Waals surface area contributed by atoms with Crippen LogP contribution < -0.4 is 10.2 Å². The molecule has 40 heavy (non-hydrogen) atoms. The summed E-state index contributed by atoms with van der Waals surface area (Å²) < 4.78 is 6.81. The van der Waals surface area contributed by atoms with E-state index in [2.05, 4.69) is 15.6 Å². The van der Waals surface area contributed by atoms with Crippen molar-refractivity contribution < 1.29 is 19.1 Å². The summed E-state index contributed by atoms with van der Waals surface area (Å²) in [6.45, 7) is 0.380. The molecule has 1 aromatic heterocycles. The van der Waals surface area contributed by atoms with Gasteiger partial charge in [0.25, 0.3) is 5.91 Å². The van der Waals surface area contributed by atoms with Gasteiger partial charge in [0, 0.05) is 17.7 Å². The minimum atomic E-state index is -1.26. The lowest BCUT2D eigenvalue weighted by Gasteiger charge is -2.26. The van der Waals surface area contributed by atoms with Crippen LogP contribution in [0.5, 0.6) is 0 Å². The molecular weight excluding hydrogens is 506 g/mol. The van der Waals surface area contributed by atoms with Gasteiger partial charge >= 0.3 is 6.09 Å². The van der Waals surface area contributed by atoms with Crippen LogP contribution in [0.4, 0.5) is 10.5 Å². The number of hydrogen-bond donors (Lipinski definition) is 1. The van der Waals surface area contributed by atoms with Crippen LogP contribution in [-0.4, -0.2) is 39.3 Å². The zero-order valence-electron chi connectivity index (χ0n) is 21.4. The van der Waals surface area contributed by atoms with Crippen LogP contribution in [0.3, 0.4) is 0 Å². The number of aromatic nitrogens is 3. The number of ether oxygens (including phenoxy) is 1. The first-order valence-corrected chi connectivity index (χ1v) is 12.9. The number of amides is 2. The van der Waals surface area contributed by atoms with Gasteiger partial charge in [-0.15, -0.1) is 5.10 Å². The van der Waals surface area contributed by atoms with Crippen molar-refractivity contribution >= 4 is 34.5 Å². The Hall–Kier alpha value is -5.31. The molecule has 0 radical (unpaired) electrons. The second kappa shape index (κ2) is 10.8. The number of anilines is 1. The van der Waals surface area contributed by atoms with E-state index in [0.29, 0.717) is 40.8 Å². The van der Waals surface area contributed by atoms with E-state index in [-0.39, 0.29) is 12.4 Å². The number of hydrogen-bond acceptors (Lipinski definition) is 6. The summed E-state index contributed by atoms with van der Waals surface area (Å²) >= 11 is 0. The highest BCUT2D eigenvalue weighted by Crippen LogP contribution is 2.35. The van der Waals surface area contributed by atoms with Gasteiger partial charge in [-0.25, -0.2) is 9.48 Å². The van der Waals surface area contributed by atoms with Crippen LogP contribution >= 0.6 is 0 Å². The molecular formula is C31H25N5O4. The molecule has 0 saturated carbocycles. The Morgan fingerprint density at radius 1 is 0.850 bits per heavy atom. The Morgan fingerprint density at radius 3 is 2.38 bits per heavy atom. The Morgan fingerprint density at radius 2 is 1.57 bits per heavy atom. The Labute approximate surface area is 230 Å². The molecule has 2 amide bonds. The molecule has 2 heterocycles. The summed E-state index contributed by atoms with van der Waals surface area (Å²) in [5, 5.41) is 11.1. The van der Waals surface area contributed by atoms with Gasteiger partial charge in [-0.05, 0) is 35.7 Å². The Kier molecular flexibility index (Phi) is 6.76. The SMILES string of the molecule is O=C(NC(C(=O)N1CCc2cccc(C(=O)c3ccccc3)c21)n1nnc2ccccc21)OCc1ccccc1. The predicted octanol–water partition coefficient (Wildman–Crippen LogP) is 4.68. The number of carbonyl (C=O) groups excluding carboxylic acids is 3. The van der Waals surface area contributed by atoms with Crippen molar-refractivity contribution in [1.82, 2.24) is 20.3 Å². The second-order valence-corrected chi connectivity index (χ2v) is 9.38. The average Bonchev–Trinajstić information content (AvgIpc) is 3.64. The number of rotatable bonds is 7. The highest BCUT2D eigenvalue weighted by atomic mass is 16.5. The fourth-order valence-corrected chi connectivity index (χ4v) is 4.93. The van der Waals surface area contributed by atoms with E-state index < -0.39 is 18.2 Å². The summed E-state index contributed by atoms with van der Waals surface area (Å²) in [7, 11) is 0. The third-order valence-electron chi connectivity index (χ3n) is 6.86. The van der Waals surface area contributed by atoms with Crippen molar-refractivity contribution in [3.05, 3.63) is 125 Å². The van der Waals surface area contributed by atoms with Crippen molar-refractivity contribution in [3.8, 4) is 0 Å². The molecule has 6 rings (SSSR count). The van der Waals surface area contributed by atoms with E-state index in [1.807, 2.05) is 54.6 Å². The highest BCUT2D eigenvalue weighted by molar-refractivity contribution is 6.15. The first-order chi connectivity index (χ1) is 19.6. The van der Waals surface area contributed by atoms with E-state index >= 15 is 0 Å². The summed E-state index contributed by atoms with van der Waals surface area (Å²) in [6, 6.07) is 30.8. The largest absolute Gasteiger partial charge is 0.445 e. The molecule has 1 unspecified atom stereocenters. The number of benzene rings is 4. The maximum atomic E-state index is 14.2. The van der Waals surface area contributed by atoms with E-state index in [0.717, 1.165) is 11.1 Å². The molecule has 198 valence electrons. The molecule has 1 N–H and O–H groups in total. The van der Waals surface area contributed by atoms with Crippen LogP contribution in [0.25, 0.3) is 11.0 Å². The molecule has 5 aromatic rings. The van der Waals surface area contributed by atoms with Gasteiger partial charge in [-0.1, -0.05) is 90.1 Å². The Balaban J connectivity index is 1.34. The summed E-state index contributed by atoms with van der Waals surface area (Å²) in [5.74, 6) is -0.644. The molecule has 0 fully saturated rings. The minimum Gasteiger partial charge on any atom is -0.445 e. The lowest BCUT2D eigenvalue weighted by Crippen LogP contribution is -2.46. The topological polar surface area (TPSA) is 106 Å². The van der Waals surface area contributed by atoms with E-state index in [1.165, 1.54) is 4.68 Å². The molecule has 4 aromatic carbocycles. The van der Waals surface area contributed by atoms with Gasteiger partial charge in [-0.3, -0.25) is 14.9 Å². The maximum absolute atomic E-state index is 14.2. The molecule has 0 spiro atoms. The first kappa shape index (κ1) is 25.0. The molecule has 0 aliphatic carbocycles. The van der Waals surface area contributed by atoms with Gasteiger partial charge in [-0.2, -0.15) is 0 Å². The minimum absolute atomic E-state index is 0.0357. The van der Waals surface area contributed by atoms with Gasteiger partial charge in [0.1, 0.15) is 12.1 Å². The van der Waals surface area contributed by atoms with E-state index in [4.69, 9.17) is 4.74 Å². The second-order valence-electron chi connectivity index (χ2n) is 9.38. The number of carbonyl (C=O) groups is 3. The van der Waals surface area contributed by atoms with Crippen molar-refractivity contribution in [2.24, 2.45) is 0 Å². The fourth-order valence-electron chi connectivity index (χ4n) is 4.93. The molecule has 1 atom stereocenters. The summed E-state index contributed by atoms with van der Waals surface area (Å²) in [6.07, 6.45) is -1.48. The van der Waals surface area contributed by atoms with Gasteiger partial charge in [0.2, 0.25) is 6.17 Å². The number of ketones is 1. The predicted molar refractivity (Wildman–Crippen MR) is 149 cm³/mol. The third kappa shape index (κ3) is 4.80. The standard InChI is InChI=1S/C31H25N5O4/c37-28(23-12-5-2-6-13-23)24-15-9-14-22-18-19-35(27(22)24)30(38)29(36-26-17-8-7-16-25(26)33-34-36)32-31(39)40-20-21-10-3-1-4-11-21/h1-17,29H,18-20H2,(H,32,39). The van der Waals surface area contributed by atoms with Gasteiger partial charge in [0.05, 0.1) is 11.2 Å². The molecule has 9 heteroatoms. The molecule has 0 bridgehead atoms. The van der Waals surface area contributed by atoms with E-state index in [1.54, 1.807) is 53.4 Å². The smallest absolute Gasteiger partial charge is 0.409 e. The van der Waals surface area contributed by atoms with Gasteiger partial charge < -0.3 is 9.64 Å². The van der Waals surface area contributed by atoms with Crippen molar-refractivity contribution in [2.75, 3.05) is 11.4 Å².